The Balaban J connectivity index is 1.37. The Hall–Kier alpha value is -4.43. The van der Waals surface area contributed by atoms with Gasteiger partial charge < -0.3 is 10.1 Å². The Morgan fingerprint density at radius 3 is 2.17 bits per heavy atom. The van der Waals surface area contributed by atoms with Crippen LogP contribution >= 0.6 is 11.3 Å². The Morgan fingerprint density at radius 2 is 1.46 bits per heavy atom. The normalized spacial score (nSPS) is 11.2. The second-order valence-electron chi connectivity index (χ2n) is 7.48. The molecule has 1 atom stereocenters. The standard InChI is InChI=1S/C27H23N3O4S/c31-24(18-34-22-15-8-7-14-21(22)19-10-3-1-4-11-19)29-30-27(33)25(20-12-5-2-6-13-20)28-26(32)23-16-9-17-35-23/h1-17,25H,18H2,(H,28,32)(H,29,31)(H,30,33). The van der Waals surface area contributed by atoms with E-state index in [-0.39, 0.29) is 12.5 Å². The third-order valence-corrected chi connectivity index (χ3v) is 5.94. The first kappa shape index (κ1) is 23.7. The number of benzene rings is 3. The van der Waals surface area contributed by atoms with E-state index in [1.807, 2.05) is 54.6 Å². The lowest BCUT2D eigenvalue weighted by molar-refractivity contribution is -0.131. The van der Waals surface area contributed by atoms with Crippen LogP contribution in [0.2, 0.25) is 0 Å². The van der Waals surface area contributed by atoms with E-state index >= 15 is 0 Å². The predicted octanol–water partition coefficient (Wildman–Crippen LogP) is 4.11. The van der Waals surface area contributed by atoms with Gasteiger partial charge in [-0.05, 0) is 28.6 Å². The monoisotopic (exact) mass is 485 g/mol. The Labute approximate surface area is 206 Å². The number of nitrogens with one attached hydrogen (secondary N) is 3. The summed E-state index contributed by atoms with van der Waals surface area (Å²) in [6, 6.07) is 28.3. The molecule has 0 aliphatic heterocycles. The van der Waals surface area contributed by atoms with Crippen molar-refractivity contribution in [3.05, 3.63) is 113 Å². The van der Waals surface area contributed by atoms with Gasteiger partial charge in [-0.2, -0.15) is 0 Å². The lowest BCUT2D eigenvalue weighted by Gasteiger charge is -2.19. The maximum absolute atomic E-state index is 12.9. The van der Waals surface area contributed by atoms with Crippen LogP contribution in [0.1, 0.15) is 21.3 Å². The minimum absolute atomic E-state index is 0.304. The van der Waals surface area contributed by atoms with Gasteiger partial charge in [-0.1, -0.05) is 84.9 Å². The SMILES string of the molecule is O=C(COc1ccccc1-c1ccccc1)NNC(=O)C(NC(=O)c1cccs1)c1ccccc1. The van der Waals surface area contributed by atoms with E-state index in [1.54, 1.807) is 47.8 Å². The summed E-state index contributed by atoms with van der Waals surface area (Å²) in [4.78, 5) is 38.3. The number of para-hydroxylation sites is 1. The van der Waals surface area contributed by atoms with E-state index in [4.69, 9.17) is 4.74 Å². The van der Waals surface area contributed by atoms with E-state index in [0.717, 1.165) is 11.1 Å². The van der Waals surface area contributed by atoms with Gasteiger partial charge in [0.15, 0.2) is 6.61 Å². The summed E-state index contributed by atoms with van der Waals surface area (Å²) in [6.45, 7) is -0.304. The van der Waals surface area contributed by atoms with Crippen molar-refractivity contribution >= 4 is 29.1 Å². The third-order valence-electron chi connectivity index (χ3n) is 5.07. The van der Waals surface area contributed by atoms with Crippen LogP contribution in [-0.2, 0) is 9.59 Å². The number of hydrogen-bond donors (Lipinski definition) is 3. The van der Waals surface area contributed by atoms with E-state index < -0.39 is 17.9 Å². The summed E-state index contributed by atoms with van der Waals surface area (Å²) < 4.78 is 5.71. The van der Waals surface area contributed by atoms with Crippen LogP contribution in [0, 0.1) is 0 Å². The molecule has 3 aromatic carbocycles. The van der Waals surface area contributed by atoms with Gasteiger partial charge in [0, 0.05) is 5.56 Å². The molecule has 1 heterocycles. The molecule has 0 saturated heterocycles. The number of ether oxygens (including phenoxy) is 1. The molecule has 3 amide bonds. The molecule has 8 heteroatoms. The van der Waals surface area contributed by atoms with Gasteiger partial charge in [0.1, 0.15) is 11.8 Å². The number of hydrazine groups is 1. The molecule has 1 unspecified atom stereocenters. The molecule has 4 aromatic rings. The summed E-state index contributed by atoms with van der Waals surface area (Å²) in [5.74, 6) is -0.960. The Morgan fingerprint density at radius 1 is 0.771 bits per heavy atom. The summed E-state index contributed by atoms with van der Waals surface area (Å²) in [5, 5.41) is 4.50. The maximum Gasteiger partial charge on any atom is 0.276 e. The molecule has 7 nitrogen and oxygen atoms in total. The highest BCUT2D eigenvalue weighted by molar-refractivity contribution is 7.12. The van der Waals surface area contributed by atoms with Crippen molar-refractivity contribution in [1.29, 1.82) is 0 Å². The smallest absolute Gasteiger partial charge is 0.276 e. The zero-order valence-electron chi connectivity index (χ0n) is 18.6. The molecule has 1 aromatic heterocycles. The van der Waals surface area contributed by atoms with Gasteiger partial charge in [0.2, 0.25) is 0 Å². The molecule has 0 aliphatic rings. The largest absolute Gasteiger partial charge is 0.483 e. The quantitative estimate of drug-likeness (QED) is 0.327. The number of carbonyl (C=O) groups excluding carboxylic acids is 3. The average molecular weight is 486 g/mol. The Bertz CT molecular complexity index is 1280. The topological polar surface area (TPSA) is 96.5 Å². The lowest BCUT2D eigenvalue weighted by Crippen LogP contribution is -2.49. The van der Waals surface area contributed by atoms with Crippen molar-refractivity contribution in [3.8, 4) is 16.9 Å². The zero-order valence-corrected chi connectivity index (χ0v) is 19.5. The number of hydrogen-bond acceptors (Lipinski definition) is 5. The molecule has 0 radical (unpaired) electrons. The van der Waals surface area contributed by atoms with Gasteiger partial charge >= 0.3 is 0 Å². The van der Waals surface area contributed by atoms with Gasteiger partial charge in [0.25, 0.3) is 17.7 Å². The summed E-state index contributed by atoms with van der Waals surface area (Å²) in [6.07, 6.45) is 0. The second kappa shape index (κ2) is 11.6. The third kappa shape index (κ3) is 6.33. The van der Waals surface area contributed by atoms with Crippen molar-refractivity contribution in [2.75, 3.05) is 6.61 Å². The molecule has 35 heavy (non-hydrogen) atoms. The van der Waals surface area contributed by atoms with Gasteiger partial charge in [0.05, 0.1) is 4.88 Å². The molecule has 176 valence electrons. The zero-order chi connectivity index (χ0) is 24.5. The minimum atomic E-state index is -0.995. The first-order chi connectivity index (χ1) is 17.1. The number of carbonyl (C=O) groups is 3. The van der Waals surface area contributed by atoms with Crippen molar-refractivity contribution in [1.82, 2.24) is 16.2 Å². The Kier molecular flexibility index (Phi) is 7.88. The van der Waals surface area contributed by atoms with Gasteiger partial charge in [-0.3, -0.25) is 25.2 Å². The molecular weight excluding hydrogens is 462 g/mol. The lowest BCUT2D eigenvalue weighted by atomic mass is 10.1. The van der Waals surface area contributed by atoms with Crippen LogP contribution in [0.15, 0.2) is 102 Å². The van der Waals surface area contributed by atoms with Crippen molar-refractivity contribution in [3.63, 3.8) is 0 Å². The fourth-order valence-electron chi connectivity index (χ4n) is 3.39. The first-order valence-electron chi connectivity index (χ1n) is 10.9. The minimum Gasteiger partial charge on any atom is -0.483 e. The fraction of sp³-hybridized carbons (Fsp3) is 0.0741. The fourth-order valence-corrected chi connectivity index (χ4v) is 4.01. The van der Waals surface area contributed by atoms with E-state index in [9.17, 15) is 14.4 Å². The molecule has 0 spiro atoms. The first-order valence-corrected chi connectivity index (χ1v) is 11.7. The van der Waals surface area contributed by atoms with Crippen molar-refractivity contribution in [2.24, 2.45) is 0 Å². The van der Waals surface area contributed by atoms with Crippen LogP contribution in [0.25, 0.3) is 11.1 Å². The molecule has 0 aliphatic carbocycles. The van der Waals surface area contributed by atoms with Gasteiger partial charge in [-0.15, -0.1) is 11.3 Å². The number of rotatable bonds is 8. The molecule has 0 saturated carbocycles. The van der Waals surface area contributed by atoms with Crippen molar-refractivity contribution < 1.29 is 19.1 Å². The summed E-state index contributed by atoms with van der Waals surface area (Å²) in [5.41, 5.74) is 7.14. The average Bonchev–Trinajstić information content (AvgIpc) is 3.46. The summed E-state index contributed by atoms with van der Waals surface area (Å²) >= 11 is 1.27. The van der Waals surface area contributed by atoms with E-state index in [1.165, 1.54) is 11.3 Å². The van der Waals surface area contributed by atoms with Crippen LogP contribution in [0.4, 0.5) is 0 Å². The maximum atomic E-state index is 12.9. The molecule has 0 fully saturated rings. The molecular formula is C27H23N3O4S. The molecule has 0 bridgehead atoms. The van der Waals surface area contributed by atoms with Crippen LogP contribution in [-0.4, -0.2) is 24.3 Å². The van der Waals surface area contributed by atoms with E-state index in [0.29, 0.717) is 16.2 Å². The second-order valence-corrected chi connectivity index (χ2v) is 8.43. The molecule has 3 N–H and O–H groups in total. The highest BCUT2D eigenvalue weighted by Gasteiger charge is 2.24. The predicted molar refractivity (Wildman–Crippen MR) is 135 cm³/mol. The van der Waals surface area contributed by atoms with E-state index in [2.05, 4.69) is 16.2 Å². The highest BCUT2D eigenvalue weighted by atomic mass is 32.1. The number of amides is 3. The van der Waals surface area contributed by atoms with Crippen LogP contribution < -0.4 is 20.9 Å². The number of thiophene rings is 1. The molecule has 4 rings (SSSR count). The van der Waals surface area contributed by atoms with Gasteiger partial charge in [-0.25, -0.2) is 0 Å². The summed E-state index contributed by atoms with van der Waals surface area (Å²) in [7, 11) is 0. The van der Waals surface area contributed by atoms with Crippen LogP contribution in [0.3, 0.4) is 0 Å². The van der Waals surface area contributed by atoms with Crippen LogP contribution in [0.5, 0.6) is 5.75 Å². The highest BCUT2D eigenvalue weighted by Crippen LogP contribution is 2.29. The van der Waals surface area contributed by atoms with Crippen molar-refractivity contribution in [2.45, 2.75) is 6.04 Å².